The van der Waals surface area contributed by atoms with Gasteiger partial charge in [-0.25, -0.2) is 0 Å². The maximum absolute atomic E-state index is 12.4. The van der Waals surface area contributed by atoms with Gasteiger partial charge in [0.1, 0.15) is 5.75 Å². The normalized spacial score (nSPS) is 11.5. The molecule has 2 amide bonds. The number of rotatable bonds is 8. The van der Waals surface area contributed by atoms with E-state index in [1.807, 2.05) is 20.8 Å². The quantitative estimate of drug-likeness (QED) is 0.744. The topological polar surface area (TPSA) is 67.4 Å². The van der Waals surface area contributed by atoms with Gasteiger partial charge in [-0.3, -0.25) is 9.59 Å². The SMILES string of the molecule is CCCOc1ccc(C(=O)Nc2cccc(C(=O)N[C@H](C)CC)c2)cc1. The third-order valence-corrected chi connectivity index (χ3v) is 3.96. The Balaban J connectivity index is 2.02. The maximum Gasteiger partial charge on any atom is 0.255 e. The van der Waals surface area contributed by atoms with E-state index in [2.05, 4.69) is 10.6 Å². The number of nitrogens with one attached hydrogen (secondary N) is 2. The van der Waals surface area contributed by atoms with E-state index in [-0.39, 0.29) is 17.9 Å². The first-order valence-electron chi connectivity index (χ1n) is 8.98. The van der Waals surface area contributed by atoms with E-state index in [1.165, 1.54) is 0 Å². The molecule has 0 aliphatic carbocycles. The minimum atomic E-state index is -0.230. The van der Waals surface area contributed by atoms with Gasteiger partial charge in [0, 0.05) is 22.9 Å². The van der Waals surface area contributed by atoms with Crippen molar-refractivity contribution in [1.82, 2.24) is 5.32 Å². The first-order valence-corrected chi connectivity index (χ1v) is 8.98. The van der Waals surface area contributed by atoms with Gasteiger partial charge in [0.2, 0.25) is 0 Å². The molecule has 5 nitrogen and oxygen atoms in total. The number of amides is 2. The van der Waals surface area contributed by atoms with Gasteiger partial charge in [-0.1, -0.05) is 19.9 Å². The number of hydrogen-bond donors (Lipinski definition) is 2. The Kier molecular flexibility index (Phi) is 7.21. The summed E-state index contributed by atoms with van der Waals surface area (Å²) in [6.07, 6.45) is 1.79. The average Bonchev–Trinajstić information content (AvgIpc) is 2.66. The van der Waals surface area contributed by atoms with Gasteiger partial charge in [-0.2, -0.15) is 0 Å². The summed E-state index contributed by atoms with van der Waals surface area (Å²) in [7, 11) is 0. The molecule has 0 bridgehead atoms. The summed E-state index contributed by atoms with van der Waals surface area (Å²) in [6.45, 7) is 6.66. The van der Waals surface area contributed by atoms with Gasteiger partial charge in [-0.05, 0) is 62.2 Å². The van der Waals surface area contributed by atoms with E-state index in [4.69, 9.17) is 4.74 Å². The van der Waals surface area contributed by atoms with Crippen molar-refractivity contribution in [3.05, 3.63) is 59.7 Å². The van der Waals surface area contributed by atoms with E-state index in [1.54, 1.807) is 48.5 Å². The predicted octanol–water partition coefficient (Wildman–Crippen LogP) is 4.26. The summed E-state index contributed by atoms with van der Waals surface area (Å²) in [5.41, 5.74) is 1.63. The summed E-state index contributed by atoms with van der Waals surface area (Å²) >= 11 is 0. The Labute approximate surface area is 154 Å². The first kappa shape index (κ1) is 19.5. The lowest BCUT2D eigenvalue weighted by atomic mass is 10.1. The van der Waals surface area contributed by atoms with E-state index in [9.17, 15) is 9.59 Å². The molecule has 0 heterocycles. The monoisotopic (exact) mass is 354 g/mol. The molecule has 0 spiro atoms. The molecule has 138 valence electrons. The van der Waals surface area contributed by atoms with Crippen LogP contribution in [0, 0.1) is 0 Å². The molecule has 0 aromatic heterocycles. The molecule has 2 aromatic carbocycles. The molecule has 2 rings (SSSR count). The highest BCUT2D eigenvalue weighted by Crippen LogP contribution is 2.16. The van der Waals surface area contributed by atoms with Crippen LogP contribution in [0.25, 0.3) is 0 Å². The summed E-state index contributed by atoms with van der Waals surface area (Å²) in [5, 5.41) is 5.74. The zero-order chi connectivity index (χ0) is 18.9. The number of ether oxygens (including phenoxy) is 1. The van der Waals surface area contributed by atoms with Crippen LogP contribution >= 0.6 is 0 Å². The van der Waals surface area contributed by atoms with Crippen molar-refractivity contribution >= 4 is 17.5 Å². The smallest absolute Gasteiger partial charge is 0.255 e. The van der Waals surface area contributed by atoms with Crippen LogP contribution in [0.5, 0.6) is 5.75 Å². The highest BCUT2D eigenvalue weighted by atomic mass is 16.5. The molecular formula is C21H26N2O3. The van der Waals surface area contributed by atoms with Crippen LogP contribution in [-0.2, 0) is 0 Å². The number of anilines is 1. The molecule has 0 saturated carbocycles. The van der Waals surface area contributed by atoms with Crippen LogP contribution in [0.15, 0.2) is 48.5 Å². The minimum Gasteiger partial charge on any atom is -0.494 e. The molecule has 0 radical (unpaired) electrons. The van der Waals surface area contributed by atoms with Gasteiger partial charge in [0.15, 0.2) is 0 Å². The minimum absolute atomic E-state index is 0.106. The van der Waals surface area contributed by atoms with E-state index >= 15 is 0 Å². The van der Waals surface area contributed by atoms with Crippen molar-refractivity contribution in [3.63, 3.8) is 0 Å². The number of carbonyl (C=O) groups is 2. The van der Waals surface area contributed by atoms with Crippen molar-refractivity contribution in [2.24, 2.45) is 0 Å². The van der Waals surface area contributed by atoms with Crippen molar-refractivity contribution in [1.29, 1.82) is 0 Å². The fourth-order valence-electron chi connectivity index (χ4n) is 2.27. The van der Waals surface area contributed by atoms with Crippen LogP contribution < -0.4 is 15.4 Å². The Bertz CT molecular complexity index is 741. The lowest BCUT2D eigenvalue weighted by Gasteiger charge is -2.12. The Morgan fingerprint density at radius 3 is 2.38 bits per heavy atom. The average molecular weight is 354 g/mol. The van der Waals surface area contributed by atoms with E-state index in [0.717, 1.165) is 18.6 Å². The lowest BCUT2D eigenvalue weighted by molar-refractivity contribution is 0.0938. The summed E-state index contributed by atoms with van der Waals surface area (Å²) in [4.78, 5) is 24.6. The van der Waals surface area contributed by atoms with Crippen molar-refractivity contribution in [2.45, 2.75) is 39.7 Å². The molecule has 0 aliphatic heterocycles. The molecule has 26 heavy (non-hydrogen) atoms. The second-order valence-corrected chi connectivity index (χ2v) is 6.19. The highest BCUT2D eigenvalue weighted by molar-refractivity contribution is 6.05. The van der Waals surface area contributed by atoms with E-state index in [0.29, 0.717) is 23.4 Å². The van der Waals surface area contributed by atoms with Gasteiger partial charge in [0.05, 0.1) is 6.61 Å². The van der Waals surface area contributed by atoms with Gasteiger partial charge >= 0.3 is 0 Å². The zero-order valence-electron chi connectivity index (χ0n) is 15.5. The Morgan fingerprint density at radius 2 is 1.73 bits per heavy atom. The van der Waals surface area contributed by atoms with Crippen LogP contribution in [0.3, 0.4) is 0 Å². The predicted molar refractivity (Wildman–Crippen MR) is 104 cm³/mol. The van der Waals surface area contributed by atoms with Crippen LogP contribution in [0.4, 0.5) is 5.69 Å². The Morgan fingerprint density at radius 1 is 1.00 bits per heavy atom. The number of hydrogen-bond acceptors (Lipinski definition) is 3. The Hall–Kier alpha value is -2.82. The maximum atomic E-state index is 12.4. The van der Waals surface area contributed by atoms with E-state index < -0.39 is 0 Å². The second-order valence-electron chi connectivity index (χ2n) is 6.19. The standard InChI is InChI=1S/C21H26N2O3/c1-4-13-26-19-11-9-16(10-12-19)20(24)23-18-8-6-7-17(14-18)21(25)22-15(3)5-2/h6-12,14-15H,4-5,13H2,1-3H3,(H,22,25)(H,23,24)/t15-/m1/s1. The van der Waals surface area contributed by atoms with Gasteiger partial charge in [-0.15, -0.1) is 0 Å². The summed E-state index contributed by atoms with van der Waals surface area (Å²) < 4.78 is 5.51. The van der Waals surface area contributed by atoms with Crippen molar-refractivity contribution in [2.75, 3.05) is 11.9 Å². The molecular weight excluding hydrogens is 328 g/mol. The summed E-state index contributed by atoms with van der Waals surface area (Å²) in [5.74, 6) is 0.367. The molecule has 2 aromatic rings. The third-order valence-electron chi connectivity index (χ3n) is 3.96. The number of carbonyl (C=O) groups excluding carboxylic acids is 2. The summed E-state index contributed by atoms with van der Waals surface area (Å²) in [6, 6.07) is 14.0. The highest BCUT2D eigenvalue weighted by Gasteiger charge is 2.11. The third kappa shape index (κ3) is 5.62. The first-order chi connectivity index (χ1) is 12.5. The fraction of sp³-hybridized carbons (Fsp3) is 0.333. The van der Waals surface area contributed by atoms with Crippen LogP contribution in [0.2, 0.25) is 0 Å². The fourth-order valence-corrected chi connectivity index (χ4v) is 2.27. The molecule has 0 aliphatic rings. The lowest BCUT2D eigenvalue weighted by Crippen LogP contribution is -2.31. The van der Waals surface area contributed by atoms with Crippen LogP contribution in [-0.4, -0.2) is 24.5 Å². The van der Waals surface area contributed by atoms with Gasteiger partial charge < -0.3 is 15.4 Å². The van der Waals surface area contributed by atoms with Crippen molar-refractivity contribution < 1.29 is 14.3 Å². The van der Waals surface area contributed by atoms with Crippen LogP contribution in [0.1, 0.15) is 54.3 Å². The zero-order valence-corrected chi connectivity index (χ0v) is 15.5. The number of benzene rings is 2. The largest absolute Gasteiger partial charge is 0.494 e. The second kappa shape index (κ2) is 9.61. The van der Waals surface area contributed by atoms with Crippen molar-refractivity contribution in [3.8, 4) is 5.75 Å². The molecule has 5 heteroatoms. The molecule has 0 saturated heterocycles. The molecule has 0 fully saturated rings. The molecule has 2 N–H and O–H groups in total. The molecule has 0 unspecified atom stereocenters. The molecule has 1 atom stereocenters. The van der Waals surface area contributed by atoms with Gasteiger partial charge in [0.25, 0.3) is 11.8 Å².